The Labute approximate surface area is 603 Å². The molecule has 440 valence electrons. The van der Waals surface area contributed by atoms with Gasteiger partial charge in [-0.15, -0.1) is 0 Å². The first kappa shape index (κ1) is 85.5. The lowest BCUT2D eigenvalue weighted by molar-refractivity contribution is 0.862. The van der Waals surface area contributed by atoms with Crippen molar-refractivity contribution in [1.82, 2.24) is 0 Å². The molecule has 0 aromatic heterocycles. The Morgan fingerprint density at radius 1 is 0.260 bits per heavy atom. The van der Waals surface area contributed by atoms with Crippen LogP contribution in [0.25, 0.3) is 0 Å². The van der Waals surface area contributed by atoms with Gasteiger partial charge < -0.3 is 4.32 Å². The van der Waals surface area contributed by atoms with Gasteiger partial charge in [0.2, 0.25) is 0 Å². The minimum Gasteiger partial charge on any atom is -0.322 e. The van der Waals surface area contributed by atoms with Gasteiger partial charge in [0.05, 0.1) is 0 Å². The van der Waals surface area contributed by atoms with Crippen LogP contribution in [0.3, 0.4) is 0 Å². The molecule has 0 aliphatic rings. The summed E-state index contributed by atoms with van der Waals surface area (Å²) in [5, 5.41) is 0. The van der Waals surface area contributed by atoms with Gasteiger partial charge >= 0.3 is 6.99 Å². The summed E-state index contributed by atoms with van der Waals surface area (Å²) in [4.78, 5) is 0. The van der Waals surface area contributed by atoms with Crippen LogP contribution < -0.4 is 10.9 Å². The summed E-state index contributed by atoms with van der Waals surface area (Å²) in [7, 11) is 74.4. The van der Waals surface area contributed by atoms with Crippen LogP contribution in [0.2, 0.25) is 0 Å². The Kier molecular flexibility index (Phi) is 70.2. The highest BCUT2D eigenvalue weighted by atomic mass is 79.9. The van der Waals surface area contributed by atoms with E-state index < -0.39 is 6.99 Å². The van der Waals surface area contributed by atoms with Gasteiger partial charge in [0.15, 0.2) is 0 Å². The van der Waals surface area contributed by atoms with Gasteiger partial charge in [0, 0.05) is 431 Å². The number of halogens is 2. The second-order valence-corrected chi connectivity index (χ2v) is 88.5. The molecule has 0 amide bonds. The lowest BCUT2D eigenvalue weighted by Crippen LogP contribution is -2.44. The topological polar surface area (TPSA) is 0 Å². The monoisotopic (exact) mass is 1970 g/mol. The Morgan fingerprint density at radius 2 is 0.390 bits per heavy atom. The summed E-state index contributed by atoms with van der Waals surface area (Å²) in [6.45, 7) is 17.4. The number of rotatable bonds is 2. The average Bonchev–Trinajstić information content (AvgIpc) is 3.38. The third kappa shape index (κ3) is 51.7. The molecule has 3 rings (SSSR count). The highest BCUT2D eigenvalue weighted by Gasteiger charge is 2.27. The van der Waals surface area contributed by atoms with Gasteiger partial charge in [-0.1, -0.05) is 91.3 Å². The van der Waals surface area contributed by atoms with Gasteiger partial charge in [0.1, 0.15) is 0 Å². The molecular formula is C27H33BBrFS47. The summed E-state index contributed by atoms with van der Waals surface area (Å²) in [6.07, 6.45) is 0. The van der Waals surface area contributed by atoms with Crippen molar-refractivity contribution in [2.75, 3.05) is 0 Å². The number of aryl methyl sites for hydroxylation is 9. The van der Waals surface area contributed by atoms with Crippen LogP contribution in [0.5, 0.6) is 0 Å². The zero-order valence-corrected chi connectivity index (χ0v) is 78.9. The lowest BCUT2D eigenvalue weighted by Gasteiger charge is -2.17. The minimum atomic E-state index is -1.05. The molecule has 0 unspecified atom stereocenters. The fourth-order valence-corrected chi connectivity index (χ4v) is 112. The van der Waals surface area contributed by atoms with Gasteiger partial charge in [-0.05, 0) is 84.4 Å². The van der Waals surface area contributed by atoms with Crippen molar-refractivity contribution in [3.8, 4) is 0 Å². The minimum absolute atomic E-state index is 0.825. The van der Waals surface area contributed by atoms with E-state index >= 15 is 4.32 Å². The molecule has 3 aromatic carbocycles. The van der Waals surface area contributed by atoms with Crippen molar-refractivity contribution in [3.05, 3.63) is 90.9 Å². The van der Waals surface area contributed by atoms with Gasteiger partial charge in [0.25, 0.3) is 0 Å². The largest absolute Gasteiger partial charge is 0.414 e. The maximum atomic E-state index is 15.2. The molecule has 0 radical (unpaired) electrons. The third-order valence-electron chi connectivity index (χ3n) is 6.70. The molecule has 3 aromatic rings. The molecule has 0 saturated carbocycles. The van der Waals surface area contributed by atoms with Crippen LogP contribution in [-0.4, -0.2) is 6.99 Å². The smallest absolute Gasteiger partial charge is 0.322 e. The first-order chi connectivity index (χ1) is 37.2. The molecule has 0 spiro atoms. The quantitative estimate of drug-likeness (QED) is 0.257. The summed E-state index contributed by atoms with van der Waals surface area (Å²) in [6, 6.07) is 12.6. The molecule has 0 fully saturated rings. The van der Waals surface area contributed by atoms with Crippen LogP contribution in [0.1, 0.15) is 50.1 Å². The van der Waals surface area contributed by atoms with Crippen LogP contribution in [0, 0.1) is 62.3 Å². The predicted octanol–water partition coefficient (Wildman–Crippen LogP) is 6.87. The molecule has 0 aliphatic heterocycles. The Balaban J connectivity index is 0.00000103. The Morgan fingerprint density at radius 3 is 0.532 bits per heavy atom. The van der Waals surface area contributed by atoms with Crippen molar-refractivity contribution in [1.29, 1.82) is 0 Å². The van der Waals surface area contributed by atoms with E-state index in [-0.39, 0.29) is 0 Å². The summed E-state index contributed by atoms with van der Waals surface area (Å²) in [5.74, 6) is 0. The van der Waals surface area contributed by atoms with E-state index in [2.05, 4.69) is 86.9 Å². The molecule has 0 bridgehead atoms. The second kappa shape index (κ2) is 63.2. The van der Waals surface area contributed by atoms with Crippen molar-refractivity contribution in [2.24, 2.45) is 0 Å². The van der Waals surface area contributed by atoms with Crippen molar-refractivity contribution in [2.45, 2.75) is 62.3 Å². The van der Waals surface area contributed by atoms with E-state index in [9.17, 15) is 0 Å². The number of hydrogen-bond acceptors (Lipinski definition) is 4. The predicted molar refractivity (Wildman–Crippen MR) is 482 cm³/mol. The van der Waals surface area contributed by atoms with E-state index in [1.807, 2.05) is 89.9 Å². The van der Waals surface area contributed by atoms with E-state index in [0.717, 1.165) is 33.2 Å². The molecule has 0 heterocycles. The molecule has 0 atom stereocenters. The molecule has 77 heavy (non-hydrogen) atoms. The number of benzene rings is 3. The maximum Gasteiger partial charge on any atom is 0.414 e. The lowest BCUT2D eigenvalue weighted by atomic mass is 9.53. The van der Waals surface area contributed by atoms with Gasteiger partial charge in [-0.2, -0.15) is 0 Å². The Hall–Kier alpha value is 8.47. The van der Waals surface area contributed by atoms with E-state index in [1.54, 1.807) is 284 Å². The third-order valence-corrected chi connectivity index (χ3v) is 99.1. The normalized spacial score (nSPS) is 8.66. The van der Waals surface area contributed by atoms with Crippen molar-refractivity contribution in [3.63, 3.8) is 0 Å². The van der Waals surface area contributed by atoms with Crippen molar-refractivity contribution < 1.29 is 4.32 Å². The summed E-state index contributed by atoms with van der Waals surface area (Å²) in [5.41, 5.74) is 12.1. The van der Waals surface area contributed by atoms with Crippen LogP contribution in [-0.2, 0) is 427 Å². The summed E-state index contributed by atoms with van der Waals surface area (Å²) >= 11 is 22.6. The zero-order valence-electron chi connectivity index (χ0n) is 39.0. The fraction of sp³-hybridized carbons (Fsp3) is 0.333. The van der Waals surface area contributed by atoms with Crippen LogP contribution >= 0.6 is 15.9 Å². The van der Waals surface area contributed by atoms with Gasteiger partial charge in [-0.3, -0.25) is 0 Å². The fourth-order valence-electron chi connectivity index (χ4n) is 4.93. The molecule has 0 nitrogen and oxygen atoms in total. The van der Waals surface area contributed by atoms with Gasteiger partial charge in [-0.25, -0.2) is 0 Å². The first-order valence-corrected chi connectivity index (χ1v) is 78.7. The standard InChI is InChI=1S/C18H22BF.C9H11Br.S24.S23/c1-11-7-13(3)17(14(4)8-11)19(20)18-15(5)9-12(2)10-16(18)6;1-6-4-7(2)9(10)8(3)5-6;1-3-5-7-9-11-13-15-17-19-21-23-24-22-20-18-16-14-12-10-8-6-4-2;1-3-5-7-9-11-13-15-17-19-21-23-22-20-18-16-14-12-10-8-6-4-2/h7-10H,1-6H3;4-5H,1-3H3;;. The van der Waals surface area contributed by atoms with Crippen LogP contribution in [0.15, 0.2) is 40.9 Å². The molecular weight excluding hydrogens is 1940 g/mol. The first-order valence-electron chi connectivity index (χ1n) is 17.9. The number of hydrogen-bond donors (Lipinski definition) is 0. The van der Waals surface area contributed by atoms with E-state index in [1.165, 1.54) is 67.8 Å². The van der Waals surface area contributed by atoms with Crippen molar-refractivity contribution >= 4 is 460 Å². The average molecular weight is 1970 g/mol. The maximum absolute atomic E-state index is 15.2. The van der Waals surface area contributed by atoms with E-state index in [0.29, 0.717) is 0 Å². The molecule has 0 aliphatic carbocycles. The second-order valence-electron chi connectivity index (χ2n) is 11.6. The SMILES string of the molecule is Cc1cc(C)c(B(F)c2c(C)cc(C)cc2C)c(C)c1.Cc1cc(C)c(Br)c(C)c1.S=S=S=S=S=S=S=S=S=S=S=S=S=S=S=S=S=S=S=S=S=S=S.S=S=S=S=S=S=S=S=S=S=S=S=S=S=S=S=S=S=S=S=S=S=S=S. The summed E-state index contributed by atoms with van der Waals surface area (Å²) < 4.78 is 16.4. The Bertz CT molecular complexity index is 4350. The zero-order chi connectivity index (χ0) is 57.2. The molecule has 0 N–H and O–H groups in total. The highest BCUT2D eigenvalue weighted by Crippen LogP contribution is 2.21. The molecule has 0 saturated heterocycles. The highest BCUT2D eigenvalue weighted by molar-refractivity contribution is 9.10. The van der Waals surface area contributed by atoms with Crippen LogP contribution in [0.4, 0.5) is 4.32 Å². The van der Waals surface area contributed by atoms with E-state index in [4.69, 9.17) is 44.8 Å². The molecule has 50 heteroatoms.